The molecule has 0 saturated carbocycles. The molecule has 2 aromatic carbocycles. The van der Waals surface area contributed by atoms with Crippen molar-refractivity contribution < 1.29 is 4.57 Å². The van der Waals surface area contributed by atoms with Gasteiger partial charge in [0.1, 0.15) is 23.5 Å². The van der Waals surface area contributed by atoms with Crippen LogP contribution in [0.5, 0.6) is 0 Å². The monoisotopic (exact) mass is 328 g/mol. The van der Waals surface area contributed by atoms with E-state index in [1.165, 1.54) is 31.9 Å². The zero-order valence-corrected chi connectivity index (χ0v) is 13.8. The van der Waals surface area contributed by atoms with Crippen molar-refractivity contribution in [3.8, 4) is 0 Å². The van der Waals surface area contributed by atoms with Crippen LogP contribution in [-0.2, 0) is 6.54 Å². The average Bonchev–Trinajstić information content (AvgIpc) is 3.07. The van der Waals surface area contributed by atoms with Crippen molar-refractivity contribution in [2.45, 2.75) is 16.3 Å². The Kier molecular flexibility index (Phi) is 2.39. The first-order valence-corrected chi connectivity index (χ1v) is 9.01. The van der Waals surface area contributed by atoms with Crippen LogP contribution in [0.15, 0.2) is 70.5 Å². The molecule has 6 rings (SSSR count). The SMILES string of the molecule is c1ccc2nc3c(cc2c1)Sc1cc2ccccc2[n+]2c1N3CC2. The minimum atomic E-state index is 0.986. The van der Waals surface area contributed by atoms with E-state index in [0.29, 0.717) is 0 Å². The van der Waals surface area contributed by atoms with Gasteiger partial charge in [0, 0.05) is 10.8 Å². The Labute approximate surface area is 143 Å². The Hall–Kier alpha value is -2.59. The lowest BCUT2D eigenvalue weighted by Gasteiger charge is -2.21. The van der Waals surface area contributed by atoms with Gasteiger partial charge < -0.3 is 0 Å². The lowest BCUT2D eigenvalue weighted by Crippen LogP contribution is -2.33. The van der Waals surface area contributed by atoms with Crippen LogP contribution in [-0.4, -0.2) is 11.5 Å². The summed E-state index contributed by atoms with van der Waals surface area (Å²) < 4.78 is 2.44. The Morgan fingerprint density at radius 1 is 0.917 bits per heavy atom. The molecule has 0 unspecified atom stereocenters. The van der Waals surface area contributed by atoms with Crippen LogP contribution in [0.25, 0.3) is 21.8 Å². The fraction of sp³-hybridized carbons (Fsp3) is 0.100. The normalized spacial score (nSPS) is 14.9. The molecule has 4 heterocycles. The molecular formula is C20H14N3S+. The summed E-state index contributed by atoms with van der Waals surface area (Å²) in [6.07, 6.45) is 0. The molecule has 4 heteroatoms. The minimum absolute atomic E-state index is 0.986. The van der Waals surface area contributed by atoms with Gasteiger partial charge in [0.15, 0.2) is 0 Å². The van der Waals surface area contributed by atoms with Crippen molar-refractivity contribution in [1.29, 1.82) is 0 Å². The van der Waals surface area contributed by atoms with E-state index in [9.17, 15) is 0 Å². The second kappa shape index (κ2) is 4.48. The number of hydrogen-bond acceptors (Lipinski definition) is 3. The molecule has 2 aliphatic heterocycles. The summed E-state index contributed by atoms with van der Waals surface area (Å²) in [7, 11) is 0. The third kappa shape index (κ3) is 1.59. The van der Waals surface area contributed by atoms with E-state index in [1.807, 2.05) is 11.8 Å². The zero-order valence-electron chi connectivity index (χ0n) is 12.9. The van der Waals surface area contributed by atoms with Gasteiger partial charge in [-0.1, -0.05) is 48.2 Å². The van der Waals surface area contributed by atoms with Crippen LogP contribution in [0.4, 0.5) is 11.6 Å². The van der Waals surface area contributed by atoms with Crippen molar-refractivity contribution in [2.24, 2.45) is 0 Å². The molecule has 0 amide bonds. The van der Waals surface area contributed by atoms with E-state index in [-0.39, 0.29) is 0 Å². The van der Waals surface area contributed by atoms with Crippen LogP contribution < -0.4 is 9.47 Å². The number of nitrogens with zero attached hydrogens (tertiary/aromatic N) is 3. The van der Waals surface area contributed by atoms with Crippen molar-refractivity contribution in [2.75, 3.05) is 11.4 Å². The summed E-state index contributed by atoms with van der Waals surface area (Å²) in [6.45, 7) is 2.00. The van der Waals surface area contributed by atoms with Crippen molar-refractivity contribution in [3.05, 3.63) is 60.7 Å². The minimum Gasteiger partial charge on any atom is -0.222 e. The van der Waals surface area contributed by atoms with Gasteiger partial charge in [0.25, 0.3) is 5.82 Å². The van der Waals surface area contributed by atoms with Gasteiger partial charge in [0.2, 0.25) is 5.82 Å². The Morgan fingerprint density at radius 2 is 1.71 bits per heavy atom. The number of pyridine rings is 2. The second-order valence-corrected chi connectivity index (χ2v) is 7.38. The van der Waals surface area contributed by atoms with Crippen LogP contribution in [0.2, 0.25) is 0 Å². The summed E-state index contributed by atoms with van der Waals surface area (Å²) in [5.74, 6) is 2.40. The van der Waals surface area contributed by atoms with Gasteiger partial charge >= 0.3 is 0 Å². The molecule has 0 radical (unpaired) electrons. The highest BCUT2D eigenvalue weighted by Crippen LogP contribution is 2.48. The molecule has 2 aliphatic rings. The van der Waals surface area contributed by atoms with Gasteiger partial charge in [-0.25, -0.2) is 14.5 Å². The number of hydrogen-bond donors (Lipinski definition) is 0. The van der Waals surface area contributed by atoms with Crippen molar-refractivity contribution in [1.82, 2.24) is 4.98 Å². The van der Waals surface area contributed by atoms with Gasteiger partial charge in [-0.3, -0.25) is 0 Å². The summed E-state index contributed by atoms with van der Waals surface area (Å²) >= 11 is 1.85. The Morgan fingerprint density at radius 3 is 2.67 bits per heavy atom. The zero-order chi connectivity index (χ0) is 15.7. The average molecular weight is 328 g/mol. The maximum absolute atomic E-state index is 4.97. The molecule has 2 aromatic heterocycles. The predicted molar refractivity (Wildman–Crippen MR) is 97.0 cm³/mol. The molecule has 0 bridgehead atoms. The first-order valence-electron chi connectivity index (χ1n) is 8.19. The summed E-state index contributed by atoms with van der Waals surface area (Å²) in [5, 5.41) is 2.52. The number of anilines is 2. The molecule has 114 valence electrons. The molecule has 0 N–H and O–H groups in total. The second-order valence-electron chi connectivity index (χ2n) is 6.30. The number of fused-ring (bicyclic) bond motifs is 5. The summed E-state index contributed by atoms with van der Waals surface area (Å²) in [4.78, 5) is 9.94. The van der Waals surface area contributed by atoms with Gasteiger partial charge in [-0.05, 0) is 24.3 Å². The number of para-hydroxylation sites is 2. The highest BCUT2D eigenvalue weighted by atomic mass is 32.2. The lowest BCUT2D eigenvalue weighted by molar-refractivity contribution is -0.646. The molecule has 0 atom stereocenters. The smallest absolute Gasteiger partial charge is 0.222 e. The van der Waals surface area contributed by atoms with Gasteiger partial charge in [-0.15, -0.1) is 0 Å². The lowest BCUT2D eigenvalue weighted by atomic mass is 10.2. The first-order chi connectivity index (χ1) is 11.9. The maximum Gasteiger partial charge on any atom is 0.298 e. The van der Waals surface area contributed by atoms with Gasteiger partial charge in [-0.2, -0.15) is 0 Å². The number of aromatic nitrogens is 2. The summed E-state index contributed by atoms with van der Waals surface area (Å²) in [5.41, 5.74) is 2.38. The highest BCUT2D eigenvalue weighted by Gasteiger charge is 2.40. The molecule has 0 saturated heterocycles. The molecule has 0 spiro atoms. The molecule has 3 nitrogen and oxygen atoms in total. The highest BCUT2D eigenvalue weighted by molar-refractivity contribution is 7.99. The quantitative estimate of drug-likeness (QED) is 0.449. The standard InChI is InChI=1S/C20H14N3S/c1-3-7-15-13(5-1)11-17-19(21-15)23-10-9-22-16-8-4-2-6-14(16)12-18(24-17)20(22)23/h1-8,11-12H,9-10H2/q+1. The topological polar surface area (TPSA) is 20.0 Å². The molecule has 4 aromatic rings. The van der Waals surface area contributed by atoms with Crippen LogP contribution >= 0.6 is 11.8 Å². The summed E-state index contributed by atoms with van der Waals surface area (Å²) in [6, 6.07) is 21.6. The fourth-order valence-corrected chi connectivity index (χ4v) is 5.04. The van der Waals surface area contributed by atoms with E-state index in [2.05, 4.69) is 70.1 Å². The van der Waals surface area contributed by atoms with E-state index < -0.39 is 0 Å². The van der Waals surface area contributed by atoms with E-state index >= 15 is 0 Å². The number of rotatable bonds is 0. The van der Waals surface area contributed by atoms with E-state index in [0.717, 1.165) is 24.4 Å². The van der Waals surface area contributed by atoms with Crippen LogP contribution in [0, 0.1) is 0 Å². The molecule has 24 heavy (non-hydrogen) atoms. The molecular weight excluding hydrogens is 314 g/mol. The molecule has 0 aliphatic carbocycles. The molecule has 0 fully saturated rings. The third-order valence-electron chi connectivity index (χ3n) is 4.94. The largest absolute Gasteiger partial charge is 0.298 e. The third-order valence-corrected chi connectivity index (χ3v) is 5.98. The van der Waals surface area contributed by atoms with Crippen molar-refractivity contribution in [3.63, 3.8) is 0 Å². The predicted octanol–water partition coefficient (Wildman–Crippen LogP) is 4.29. The van der Waals surface area contributed by atoms with Gasteiger partial charge in [0.05, 0.1) is 10.4 Å². The first kappa shape index (κ1) is 12.8. The van der Waals surface area contributed by atoms with Crippen LogP contribution in [0.1, 0.15) is 0 Å². The van der Waals surface area contributed by atoms with Crippen molar-refractivity contribution >= 4 is 45.2 Å². The Bertz CT molecular complexity index is 1150. The fourth-order valence-electron chi connectivity index (χ4n) is 3.87. The maximum atomic E-state index is 4.97. The number of benzene rings is 2. The van der Waals surface area contributed by atoms with Crippen LogP contribution in [0.3, 0.4) is 0 Å². The van der Waals surface area contributed by atoms with E-state index in [1.54, 1.807) is 0 Å². The Balaban J connectivity index is 1.67. The van der Waals surface area contributed by atoms with E-state index in [4.69, 9.17) is 4.98 Å².